The van der Waals surface area contributed by atoms with Gasteiger partial charge in [-0.25, -0.2) is 0 Å². The summed E-state index contributed by atoms with van der Waals surface area (Å²) in [4.78, 5) is 13.2. The van der Waals surface area contributed by atoms with Gasteiger partial charge >= 0.3 is 0 Å². The molecule has 0 aromatic heterocycles. The Balaban J connectivity index is 1.83. The van der Waals surface area contributed by atoms with E-state index >= 15 is 0 Å². The van der Waals surface area contributed by atoms with Crippen LogP contribution in [-0.4, -0.2) is 30.8 Å². The fraction of sp³-hybridized carbons (Fsp3) is 0.533. The van der Waals surface area contributed by atoms with Gasteiger partial charge < -0.3 is 4.90 Å². The van der Waals surface area contributed by atoms with E-state index in [1.165, 1.54) is 31.5 Å². The Hall–Kier alpha value is -1.15. The summed E-state index contributed by atoms with van der Waals surface area (Å²) in [6, 6.07) is 7.94. The van der Waals surface area contributed by atoms with Gasteiger partial charge in [0.05, 0.1) is 0 Å². The summed E-state index contributed by atoms with van der Waals surface area (Å²) in [5, 5.41) is 0. The molecule has 0 bridgehead atoms. The lowest BCUT2D eigenvalue weighted by atomic mass is 9.99. The lowest BCUT2D eigenvalue weighted by molar-refractivity contribution is 0.112. The monoisotopic (exact) mass is 231 g/mol. The molecule has 0 aliphatic carbocycles. The Morgan fingerprint density at radius 1 is 1.35 bits per heavy atom. The van der Waals surface area contributed by atoms with Crippen LogP contribution >= 0.6 is 0 Å². The van der Waals surface area contributed by atoms with Gasteiger partial charge in [-0.05, 0) is 49.9 Å². The number of carbonyl (C=O) groups excluding carboxylic acids is 1. The lowest BCUT2D eigenvalue weighted by Gasteiger charge is -2.30. The smallest absolute Gasteiger partial charge is 0.150 e. The summed E-state index contributed by atoms with van der Waals surface area (Å²) in [6.07, 6.45) is 4.63. The number of rotatable bonds is 4. The summed E-state index contributed by atoms with van der Waals surface area (Å²) in [7, 11) is 0. The Morgan fingerprint density at radius 2 is 2.12 bits per heavy atom. The van der Waals surface area contributed by atoms with Gasteiger partial charge in [-0.3, -0.25) is 4.79 Å². The zero-order valence-corrected chi connectivity index (χ0v) is 10.6. The van der Waals surface area contributed by atoms with Gasteiger partial charge in [0.2, 0.25) is 0 Å². The average Bonchev–Trinajstić information content (AvgIpc) is 2.38. The van der Waals surface area contributed by atoms with Gasteiger partial charge in [0.15, 0.2) is 0 Å². The highest BCUT2D eigenvalue weighted by atomic mass is 16.1. The quantitative estimate of drug-likeness (QED) is 0.743. The third kappa shape index (κ3) is 3.67. The largest absolute Gasteiger partial charge is 0.303 e. The molecular weight excluding hydrogens is 210 g/mol. The van der Waals surface area contributed by atoms with E-state index in [-0.39, 0.29) is 0 Å². The molecule has 1 heterocycles. The summed E-state index contributed by atoms with van der Waals surface area (Å²) in [5.41, 5.74) is 2.06. The Kier molecular flexibility index (Phi) is 4.32. The predicted molar refractivity (Wildman–Crippen MR) is 70.4 cm³/mol. The topological polar surface area (TPSA) is 20.3 Å². The molecule has 1 fully saturated rings. The van der Waals surface area contributed by atoms with Crippen molar-refractivity contribution in [1.29, 1.82) is 0 Å². The second-order valence-corrected chi connectivity index (χ2v) is 5.14. The van der Waals surface area contributed by atoms with Gasteiger partial charge in [0, 0.05) is 12.1 Å². The van der Waals surface area contributed by atoms with E-state index in [9.17, 15) is 4.79 Å². The number of aldehydes is 1. The van der Waals surface area contributed by atoms with Crippen molar-refractivity contribution in [3.05, 3.63) is 35.4 Å². The fourth-order valence-electron chi connectivity index (χ4n) is 2.39. The number of nitrogens with zero attached hydrogens (tertiary/aromatic N) is 1. The SMILES string of the molecule is CC1CCN(CCc2cccc(C=O)c2)CC1. The second-order valence-electron chi connectivity index (χ2n) is 5.14. The van der Waals surface area contributed by atoms with Crippen LogP contribution in [0, 0.1) is 5.92 Å². The molecule has 0 unspecified atom stereocenters. The molecule has 0 spiro atoms. The molecule has 2 rings (SSSR count). The normalized spacial score (nSPS) is 18.2. The molecule has 1 aromatic carbocycles. The summed E-state index contributed by atoms with van der Waals surface area (Å²) < 4.78 is 0. The first-order chi connectivity index (χ1) is 8.28. The number of likely N-dealkylation sites (tertiary alicyclic amines) is 1. The van der Waals surface area contributed by atoms with Crippen molar-refractivity contribution in [3.63, 3.8) is 0 Å². The van der Waals surface area contributed by atoms with Crippen molar-refractivity contribution in [2.45, 2.75) is 26.2 Å². The van der Waals surface area contributed by atoms with E-state index in [0.29, 0.717) is 0 Å². The van der Waals surface area contributed by atoms with Crippen LogP contribution < -0.4 is 0 Å². The van der Waals surface area contributed by atoms with Crippen LogP contribution in [0.3, 0.4) is 0 Å². The predicted octanol–water partition coefficient (Wildman–Crippen LogP) is 2.77. The molecule has 0 radical (unpaired) electrons. The standard InChI is InChI=1S/C15H21NO/c1-13-5-8-16(9-6-13)10-7-14-3-2-4-15(11-14)12-17/h2-4,11-13H,5-10H2,1H3. The summed E-state index contributed by atoms with van der Waals surface area (Å²) in [5.74, 6) is 0.893. The number of piperidine rings is 1. The molecule has 0 saturated carbocycles. The van der Waals surface area contributed by atoms with Gasteiger partial charge in [-0.1, -0.05) is 25.1 Å². The number of benzene rings is 1. The van der Waals surface area contributed by atoms with Crippen molar-refractivity contribution in [2.24, 2.45) is 5.92 Å². The number of hydrogen-bond donors (Lipinski definition) is 0. The molecule has 92 valence electrons. The van der Waals surface area contributed by atoms with Crippen LogP contribution in [0.15, 0.2) is 24.3 Å². The molecule has 0 atom stereocenters. The zero-order valence-electron chi connectivity index (χ0n) is 10.6. The van der Waals surface area contributed by atoms with Gasteiger partial charge in [-0.2, -0.15) is 0 Å². The van der Waals surface area contributed by atoms with Crippen molar-refractivity contribution >= 4 is 6.29 Å². The van der Waals surface area contributed by atoms with E-state index in [0.717, 1.165) is 30.7 Å². The lowest BCUT2D eigenvalue weighted by Crippen LogP contribution is -2.34. The first-order valence-electron chi connectivity index (χ1n) is 6.54. The van der Waals surface area contributed by atoms with Crippen LogP contribution in [0.5, 0.6) is 0 Å². The summed E-state index contributed by atoms with van der Waals surface area (Å²) >= 11 is 0. The minimum Gasteiger partial charge on any atom is -0.303 e. The highest BCUT2D eigenvalue weighted by molar-refractivity contribution is 5.74. The molecule has 2 heteroatoms. The van der Waals surface area contributed by atoms with E-state index < -0.39 is 0 Å². The Bertz CT molecular complexity index is 367. The van der Waals surface area contributed by atoms with Crippen LogP contribution in [0.4, 0.5) is 0 Å². The minimum absolute atomic E-state index is 0.787. The highest BCUT2D eigenvalue weighted by Gasteiger charge is 2.14. The van der Waals surface area contributed by atoms with Crippen molar-refractivity contribution in [3.8, 4) is 0 Å². The van der Waals surface area contributed by atoms with Crippen molar-refractivity contribution in [1.82, 2.24) is 4.90 Å². The molecule has 0 amide bonds. The molecule has 1 aliphatic rings. The molecule has 1 aromatic rings. The third-order valence-electron chi connectivity index (χ3n) is 3.68. The van der Waals surface area contributed by atoms with Crippen molar-refractivity contribution < 1.29 is 4.79 Å². The molecular formula is C15H21NO. The van der Waals surface area contributed by atoms with E-state index in [2.05, 4.69) is 17.9 Å². The van der Waals surface area contributed by atoms with Crippen LogP contribution in [0.25, 0.3) is 0 Å². The molecule has 0 N–H and O–H groups in total. The third-order valence-corrected chi connectivity index (χ3v) is 3.68. The average molecular weight is 231 g/mol. The highest BCUT2D eigenvalue weighted by Crippen LogP contribution is 2.16. The van der Waals surface area contributed by atoms with E-state index in [1.807, 2.05) is 18.2 Å². The van der Waals surface area contributed by atoms with Crippen LogP contribution in [0.1, 0.15) is 35.7 Å². The molecule has 17 heavy (non-hydrogen) atoms. The zero-order chi connectivity index (χ0) is 12.1. The Labute approximate surface area is 104 Å². The van der Waals surface area contributed by atoms with E-state index in [1.54, 1.807) is 0 Å². The molecule has 1 aliphatic heterocycles. The first kappa shape index (κ1) is 12.3. The van der Waals surface area contributed by atoms with Gasteiger partial charge in [-0.15, -0.1) is 0 Å². The number of carbonyl (C=O) groups is 1. The minimum atomic E-state index is 0.787. The maximum atomic E-state index is 10.7. The van der Waals surface area contributed by atoms with Crippen LogP contribution in [0.2, 0.25) is 0 Å². The van der Waals surface area contributed by atoms with Crippen LogP contribution in [-0.2, 0) is 6.42 Å². The first-order valence-corrected chi connectivity index (χ1v) is 6.54. The molecule has 1 saturated heterocycles. The fourth-order valence-corrected chi connectivity index (χ4v) is 2.39. The maximum absolute atomic E-state index is 10.7. The molecule has 2 nitrogen and oxygen atoms in total. The van der Waals surface area contributed by atoms with Crippen molar-refractivity contribution in [2.75, 3.05) is 19.6 Å². The number of hydrogen-bond acceptors (Lipinski definition) is 2. The maximum Gasteiger partial charge on any atom is 0.150 e. The van der Waals surface area contributed by atoms with Gasteiger partial charge in [0.25, 0.3) is 0 Å². The second kappa shape index (κ2) is 5.97. The summed E-state index contributed by atoms with van der Waals surface area (Å²) in [6.45, 7) is 5.92. The Morgan fingerprint density at radius 3 is 2.82 bits per heavy atom. The van der Waals surface area contributed by atoms with Gasteiger partial charge in [0.1, 0.15) is 6.29 Å². The van der Waals surface area contributed by atoms with E-state index in [4.69, 9.17) is 0 Å².